The molecule has 10 heteroatoms. The summed E-state index contributed by atoms with van der Waals surface area (Å²) in [6, 6.07) is 18.3. The number of hydrogen-bond acceptors (Lipinski definition) is 8. The molecule has 6 rings (SSSR count). The van der Waals surface area contributed by atoms with Gasteiger partial charge in [0.05, 0.1) is 11.6 Å². The summed E-state index contributed by atoms with van der Waals surface area (Å²) in [6.45, 7) is 6.15. The lowest BCUT2D eigenvalue weighted by atomic mass is 9.93. The number of rotatable bonds is 7. The average molecular weight is 602 g/mol. The summed E-state index contributed by atoms with van der Waals surface area (Å²) in [5.74, 6) is -0.530. The van der Waals surface area contributed by atoms with Crippen molar-refractivity contribution in [1.29, 1.82) is 0 Å². The summed E-state index contributed by atoms with van der Waals surface area (Å²) in [4.78, 5) is 28.5. The number of hydrogen-bond donors (Lipinski definition) is 1. The number of fused-ring (bicyclic) bond motifs is 1. The molecule has 7 nitrogen and oxygen atoms in total. The van der Waals surface area contributed by atoms with Crippen LogP contribution in [0.4, 0.5) is 9.52 Å². The Morgan fingerprint density at radius 2 is 1.83 bits per heavy atom. The van der Waals surface area contributed by atoms with Crippen molar-refractivity contribution in [3.63, 3.8) is 0 Å². The monoisotopic (exact) mass is 601 g/mol. The van der Waals surface area contributed by atoms with Crippen LogP contribution in [0.1, 0.15) is 60.5 Å². The van der Waals surface area contributed by atoms with Crippen molar-refractivity contribution < 1.29 is 23.8 Å². The summed E-state index contributed by atoms with van der Waals surface area (Å²) in [6.07, 6.45) is 0.712. The van der Waals surface area contributed by atoms with Gasteiger partial charge in [0.25, 0.3) is 5.78 Å². The summed E-state index contributed by atoms with van der Waals surface area (Å²) in [5.41, 5.74) is 4.08. The molecular weight excluding hydrogens is 574 g/mol. The van der Waals surface area contributed by atoms with Gasteiger partial charge in [-0.3, -0.25) is 14.5 Å². The van der Waals surface area contributed by atoms with Gasteiger partial charge in [-0.2, -0.15) is 0 Å². The van der Waals surface area contributed by atoms with E-state index >= 15 is 0 Å². The number of nitrogens with zero attached hydrogens (tertiary/aromatic N) is 3. The topological polar surface area (TPSA) is 92.6 Å². The molecule has 1 fully saturated rings. The number of ketones is 1. The molecule has 2 aliphatic rings. The van der Waals surface area contributed by atoms with Crippen molar-refractivity contribution in [3.05, 3.63) is 106 Å². The molecule has 0 radical (unpaired) electrons. The number of aliphatic hydroxyl groups excluding tert-OH is 1. The quantitative estimate of drug-likeness (QED) is 0.0798. The summed E-state index contributed by atoms with van der Waals surface area (Å²) in [7, 11) is 0. The van der Waals surface area contributed by atoms with E-state index in [1.165, 1.54) is 40.1 Å². The number of halogens is 1. The standard InChI is InChI=1S/C32H28FN3O4S2/c1-17(2)20-6-8-21(9-7-20)27-26(28(37)22-10-13-25-23(15-22)14-18(3)40-25)29(38)30(39)36(27)31-34-35-32(42-31)41-16-19-4-11-24(33)12-5-19/h4-13,15,17-18,27,37H,14,16H2,1-3H3/t18-,27-/m0/s1. The fourth-order valence-electron chi connectivity index (χ4n) is 5.22. The van der Waals surface area contributed by atoms with Crippen molar-refractivity contribution in [2.45, 2.75) is 55.3 Å². The maximum atomic E-state index is 13.6. The van der Waals surface area contributed by atoms with Crippen LogP contribution in [-0.4, -0.2) is 33.1 Å². The lowest BCUT2D eigenvalue weighted by molar-refractivity contribution is -0.132. The van der Waals surface area contributed by atoms with E-state index in [2.05, 4.69) is 24.0 Å². The lowest BCUT2D eigenvalue weighted by Gasteiger charge is -2.23. The van der Waals surface area contributed by atoms with Crippen LogP contribution in [0.3, 0.4) is 0 Å². The molecule has 4 aromatic rings. The molecule has 2 atom stereocenters. The van der Waals surface area contributed by atoms with Gasteiger partial charge in [0.1, 0.15) is 23.4 Å². The zero-order chi connectivity index (χ0) is 29.5. The molecule has 1 amide bonds. The number of benzene rings is 3. The fourth-order valence-corrected chi connectivity index (χ4v) is 7.04. The molecule has 0 spiro atoms. The van der Waals surface area contributed by atoms with Crippen molar-refractivity contribution in [1.82, 2.24) is 10.2 Å². The molecule has 0 saturated carbocycles. The third-order valence-corrected chi connectivity index (χ3v) is 9.54. The predicted molar refractivity (Wildman–Crippen MR) is 161 cm³/mol. The maximum Gasteiger partial charge on any atom is 0.301 e. The molecule has 1 saturated heterocycles. The highest BCUT2D eigenvalue weighted by Gasteiger charge is 2.48. The van der Waals surface area contributed by atoms with Crippen LogP contribution in [0.2, 0.25) is 0 Å². The molecule has 0 bridgehead atoms. The zero-order valence-corrected chi connectivity index (χ0v) is 24.8. The van der Waals surface area contributed by atoms with Crippen LogP contribution in [0.5, 0.6) is 5.75 Å². The Morgan fingerprint density at radius 3 is 2.55 bits per heavy atom. The van der Waals surface area contributed by atoms with Crippen LogP contribution in [0.25, 0.3) is 5.76 Å². The van der Waals surface area contributed by atoms with Crippen molar-refractivity contribution in [2.75, 3.05) is 4.90 Å². The first kappa shape index (κ1) is 28.1. The van der Waals surface area contributed by atoms with Crippen LogP contribution in [0.15, 0.2) is 76.6 Å². The molecule has 1 aromatic heterocycles. The third kappa shape index (κ3) is 5.32. The molecule has 1 N–H and O–H groups in total. The van der Waals surface area contributed by atoms with Gasteiger partial charge in [-0.1, -0.05) is 73.3 Å². The molecule has 2 aliphatic heterocycles. The number of Topliss-reactive ketones (excluding diaryl/α,β-unsaturated/α-hetero) is 1. The lowest BCUT2D eigenvalue weighted by Crippen LogP contribution is -2.29. The number of ether oxygens (including phenoxy) is 1. The summed E-state index contributed by atoms with van der Waals surface area (Å²) < 4.78 is 19.7. The first-order chi connectivity index (χ1) is 20.2. The van der Waals surface area contributed by atoms with Crippen LogP contribution in [-0.2, 0) is 21.8 Å². The number of aliphatic hydroxyl groups is 1. The van der Waals surface area contributed by atoms with E-state index in [1.807, 2.05) is 37.3 Å². The number of amides is 1. The van der Waals surface area contributed by atoms with Crippen LogP contribution < -0.4 is 9.64 Å². The van der Waals surface area contributed by atoms with Gasteiger partial charge >= 0.3 is 5.91 Å². The fraction of sp³-hybridized carbons (Fsp3) is 0.250. The van der Waals surface area contributed by atoms with Crippen molar-refractivity contribution >= 4 is 45.7 Å². The first-order valence-corrected chi connectivity index (χ1v) is 15.4. The molecule has 3 aromatic carbocycles. The Morgan fingerprint density at radius 1 is 1.10 bits per heavy atom. The Kier molecular flexibility index (Phi) is 7.59. The largest absolute Gasteiger partial charge is 0.507 e. The molecular formula is C32H28FN3O4S2. The zero-order valence-electron chi connectivity index (χ0n) is 23.2. The SMILES string of the molecule is CC(C)c1ccc([C@H]2C(=C(O)c3ccc4c(c3)C[C@H](C)O4)C(=O)C(=O)N2c2nnc(SCc3ccc(F)cc3)s2)cc1. The van der Waals surface area contributed by atoms with Crippen molar-refractivity contribution in [2.24, 2.45) is 0 Å². The molecule has 214 valence electrons. The van der Waals surface area contributed by atoms with Gasteiger partial charge in [-0.05, 0) is 65.4 Å². The minimum absolute atomic E-state index is 0.0000686. The smallest absolute Gasteiger partial charge is 0.301 e. The number of thioether (sulfide) groups is 1. The second-order valence-corrected chi connectivity index (χ2v) is 12.9. The number of carbonyl (C=O) groups is 2. The number of carbonyl (C=O) groups excluding carboxylic acids is 2. The van der Waals surface area contributed by atoms with Crippen molar-refractivity contribution in [3.8, 4) is 5.75 Å². The van der Waals surface area contributed by atoms with Gasteiger partial charge in [-0.15, -0.1) is 10.2 Å². The van der Waals surface area contributed by atoms with E-state index in [0.29, 0.717) is 33.6 Å². The summed E-state index contributed by atoms with van der Waals surface area (Å²) in [5, 5.41) is 20.3. The highest BCUT2D eigenvalue weighted by Crippen LogP contribution is 2.45. The van der Waals surface area contributed by atoms with Gasteiger partial charge in [-0.25, -0.2) is 4.39 Å². The van der Waals surface area contributed by atoms with E-state index in [0.717, 1.165) is 22.4 Å². The van der Waals surface area contributed by atoms with Gasteiger partial charge in [0.15, 0.2) is 4.34 Å². The normalized spacial score (nSPS) is 19.4. The molecule has 3 heterocycles. The van der Waals surface area contributed by atoms with E-state index in [-0.39, 0.29) is 28.4 Å². The van der Waals surface area contributed by atoms with E-state index in [9.17, 15) is 19.1 Å². The minimum Gasteiger partial charge on any atom is -0.507 e. The van der Waals surface area contributed by atoms with Crippen LogP contribution >= 0.6 is 23.1 Å². The second-order valence-electron chi connectivity index (χ2n) is 10.7. The average Bonchev–Trinajstić information content (AvgIpc) is 3.67. The number of aromatic nitrogens is 2. The maximum absolute atomic E-state index is 13.6. The highest BCUT2D eigenvalue weighted by molar-refractivity contribution is 8.00. The van der Waals surface area contributed by atoms with E-state index < -0.39 is 17.7 Å². The van der Waals surface area contributed by atoms with Gasteiger partial charge in [0, 0.05) is 17.7 Å². The predicted octanol–water partition coefficient (Wildman–Crippen LogP) is 7.04. The molecule has 42 heavy (non-hydrogen) atoms. The molecule has 0 aliphatic carbocycles. The van der Waals surface area contributed by atoms with E-state index in [4.69, 9.17) is 4.74 Å². The Bertz CT molecular complexity index is 1700. The van der Waals surface area contributed by atoms with Crippen LogP contribution in [0, 0.1) is 5.82 Å². The Balaban J connectivity index is 1.39. The number of anilines is 1. The first-order valence-electron chi connectivity index (χ1n) is 13.6. The Labute approximate surface area is 251 Å². The van der Waals surface area contributed by atoms with Gasteiger partial charge < -0.3 is 9.84 Å². The highest BCUT2D eigenvalue weighted by atomic mass is 32.2. The molecule has 0 unspecified atom stereocenters. The third-order valence-electron chi connectivity index (χ3n) is 7.41. The minimum atomic E-state index is -0.891. The Hall–Kier alpha value is -4.02. The van der Waals surface area contributed by atoms with Gasteiger partial charge in [0.2, 0.25) is 5.13 Å². The van der Waals surface area contributed by atoms with E-state index in [1.54, 1.807) is 24.3 Å². The second kappa shape index (κ2) is 11.3. The summed E-state index contributed by atoms with van der Waals surface area (Å²) >= 11 is 2.59.